The third kappa shape index (κ3) is 5.99. The van der Waals surface area contributed by atoms with E-state index in [2.05, 4.69) is 12.2 Å². The first kappa shape index (κ1) is 18.5. The zero-order valence-electron chi connectivity index (χ0n) is 14.9. The molecule has 1 N–H and O–H groups in total. The summed E-state index contributed by atoms with van der Waals surface area (Å²) < 4.78 is 0. The fourth-order valence-corrected chi connectivity index (χ4v) is 3.09. The van der Waals surface area contributed by atoms with Crippen LogP contribution in [0.4, 0.5) is 5.69 Å². The van der Waals surface area contributed by atoms with Gasteiger partial charge in [-0.05, 0) is 43.5 Å². The van der Waals surface area contributed by atoms with Gasteiger partial charge in [-0.25, -0.2) is 0 Å². The Morgan fingerprint density at radius 3 is 2.25 bits per heavy atom. The molecule has 0 spiro atoms. The highest BCUT2D eigenvalue weighted by molar-refractivity contribution is 5.95. The SMILES string of the molecule is CCCCCCC(=O)Nc1ccc(C(=O)N2CCCCCC2)cc1. The lowest BCUT2D eigenvalue weighted by atomic mass is 10.1. The summed E-state index contributed by atoms with van der Waals surface area (Å²) >= 11 is 0. The van der Waals surface area contributed by atoms with Gasteiger partial charge in [0, 0.05) is 30.8 Å². The lowest BCUT2D eigenvalue weighted by molar-refractivity contribution is -0.116. The van der Waals surface area contributed by atoms with E-state index < -0.39 is 0 Å². The number of nitrogens with zero attached hydrogens (tertiary/aromatic N) is 1. The van der Waals surface area contributed by atoms with E-state index in [-0.39, 0.29) is 11.8 Å². The minimum absolute atomic E-state index is 0.0534. The number of carbonyl (C=O) groups is 2. The number of carbonyl (C=O) groups excluding carboxylic acids is 2. The molecular formula is C20H30N2O2. The molecule has 0 saturated carbocycles. The number of unbranched alkanes of at least 4 members (excludes halogenated alkanes) is 3. The summed E-state index contributed by atoms with van der Waals surface area (Å²) in [5.74, 6) is 0.159. The molecule has 24 heavy (non-hydrogen) atoms. The number of benzene rings is 1. The Kier molecular flexibility index (Phi) is 7.80. The Morgan fingerprint density at radius 2 is 1.62 bits per heavy atom. The van der Waals surface area contributed by atoms with Crippen molar-refractivity contribution >= 4 is 17.5 Å². The molecule has 2 rings (SSSR count). The molecular weight excluding hydrogens is 300 g/mol. The van der Waals surface area contributed by atoms with Crippen molar-refractivity contribution in [3.05, 3.63) is 29.8 Å². The zero-order valence-corrected chi connectivity index (χ0v) is 14.9. The quantitative estimate of drug-likeness (QED) is 0.742. The fraction of sp³-hybridized carbons (Fsp3) is 0.600. The van der Waals surface area contributed by atoms with Crippen LogP contribution in [0.3, 0.4) is 0 Å². The Balaban J connectivity index is 1.83. The molecule has 1 aromatic carbocycles. The molecule has 1 aliphatic heterocycles. The number of hydrogen-bond donors (Lipinski definition) is 1. The van der Waals surface area contributed by atoms with Crippen LogP contribution in [0.2, 0.25) is 0 Å². The number of rotatable bonds is 7. The predicted octanol–water partition coefficient (Wildman–Crippen LogP) is 4.61. The van der Waals surface area contributed by atoms with Gasteiger partial charge in [-0.1, -0.05) is 39.0 Å². The normalized spacial score (nSPS) is 15.0. The molecule has 1 heterocycles. The summed E-state index contributed by atoms with van der Waals surface area (Å²) in [4.78, 5) is 26.4. The first-order chi connectivity index (χ1) is 11.7. The van der Waals surface area contributed by atoms with Gasteiger partial charge < -0.3 is 10.2 Å². The molecule has 0 bridgehead atoms. The van der Waals surface area contributed by atoms with Crippen molar-refractivity contribution < 1.29 is 9.59 Å². The van der Waals surface area contributed by atoms with Crippen molar-refractivity contribution in [2.45, 2.75) is 64.7 Å². The Morgan fingerprint density at radius 1 is 0.958 bits per heavy atom. The van der Waals surface area contributed by atoms with Gasteiger partial charge in [0.2, 0.25) is 5.91 Å². The van der Waals surface area contributed by atoms with Gasteiger partial charge in [0.1, 0.15) is 0 Å². The molecule has 132 valence electrons. The third-order valence-electron chi connectivity index (χ3n) is 4.57. The number of amides is 2. The second kappa shape index (κ2) is 10.1. The van der Waals surface area contributed by atoms with Crippen LogP contribution in [0, 0.1) is 0 Å². The molecule has 4 nitrogen and oxygen atoms in total. The van der Waals surface area contributed by atoms with Crippen LogP contribution in [0.25, 0.3) is 0 Å². The molecule has 0 atom stereocenters. The standard InChI is InChI=1S/C20H30N2O2/c1-2-3-4-7-10-19(23)21-18-13-11-17(12-14-18)20(24)22-15-8-5-6-9-16-22/h11-14H,2-10,15-16H2,1H3,(H,21,23). The van der Waals surface area contributed by atoms with Gasteiger partial charge in [0.05, 0.1) is 0 Å². The average molecular weight is 330 g/mol. The van der Waals surface area contributed by atoms with Crippen LogP contribution in [0.15, 0.2) is 24.3 Å². The predicted molar refractivity (Wildman–Crippen MR) is 98.2 cm³/mol. The molecule has 0 radical (unpaired) electrons. The number of nitrogens with one attached hydrogen (secondary N) is 1. The van der Waals surface area contributed by atoms with Crippen molar-refractivity contribution in [3.8, 4) is 0 Å². The second-order valence-electron chi connectivity index (χ2n) is 6.64. The van der Waals surface area contributed by atoms with Crippen molar-refractivity contribution in [1.82, 2.24) is 4.90 Å². The largest absolute Gasteiger partial charge is 0.339 e. The van der Waals surface area contributed by atoms with Gasteiger partial charge >= 0.3 is 0 Å². The second-order valence-corrected chi connectivity index (χ2v) is 6.64. The summed E-state index contributed by atoms with van der Waals surface area (Å²) in [6.45, 7) is 3.87. The Hall–Kier alpha value is -1.84. The van der Waals surface area contributed by atoms with Crippen LogP contribution >= 0.6 is 0 Å². The summed E-state index contributed by atoms with van der Waals surface area (Å²) in [6, 6.07) is 7.30. The highest BCUT2D eigenvalue weighted by Gasteiger charge is 2.17. The number of hydrogen-bond acceptors (Lipinski definition) is 2. The molecule has 1 aliphatic rings. The van der Waals surface area contributed by atoms with Gasteiger partial charge in [0.25, 0.3) is 5.91 Å². The van der Waals surface area contributed by atoms with Crippen molar-refractivity contribution in [3.63, 3.8) is 0 Å². The first-order valence-electron chi connectivity index (χ1n) is 9.40. The summed E-state index contributed by atoms with van der Waals surface area (Å²) in [6.07, 6.45) is 9.58. The molecule has 4 heteroatoms. The van der Waals surface area contributed by atoms with E-state index in [1.165, 1.54) is 25.7 Å². The fourth-order valence-electron chi connectivity index (χ4n) is 3.09. The third-order valence-corrected chi connectivity index (χ3v) is 4.57. The van der Waals surface area contributed by atoms with Gasteiger partial charge in [-0.3, -0.25) is 9.59 Å². The van der Waals surface area contributed by atoms with E-state index >= 15 is 0 Å². The van der Waals surface area contributed by atoms with E-state index in [0.29, 0.717) is 12.0 Å². The zero-order chi connectivity index (χ0) is 17.2. The molecule has 0 aliphatic carbocycles. The van der Waals surface area contributed by atoms with E-state index in [0.717, 1.165) is 44.5 Å². The molecule has 1 fully saturated rings. The molecule has 1 saturated heterocycles. The highest BCUT2D eigenvalue weighted by Crippen LogP contribution is 2.16. The van der Waals surface area contributed by atoms with Gasteiger partial charge in [-0.2, -0.15) is 0 Å². The van der Waals surface area contributed by atoms with Crippen LogP contribution in [0.1, 0.15) is 75.1 Å². The molecule has 0 aromatic heterocycles. The summed E-state index contributed by atoms with van der Waals surface area (Å²) in [7, 11) is 0. The van der Waals surface area contributed by atoms with Crippen LogP contribution in [0.5, 0.6) is 0 Å². The lowest BCUT2D eigenvalue weighted by Crippen LogP contribution is -2.31. The van der Waals surface area contributed by atoms with E-state index in [9.17, 15) is 9.59 Å². The Bertz CT molecular complexity index is 517. The lowest BCUT2D eigenvalue weighted by Gasteiger charge is -2.20. The number of likely N-dealkylation sites (tertiary alicyclic amines) is 1. The number of anilines is 1. The monoisotopic (exact) mass is 330 g/mol. The van der Waals surface area contributed by atoms with Crippen LogP contribution < -0.4 is 5.32 Å². The molecule has 2 amide bonds. The van der Waals surface area contributed by atoms with Gasteiger partial charge in [0.15, 0.2) is 0 Å². The molecule has 1 aromatic rings. The summed E-state index contributed by atoms with van der Waals surface area (Å²) in [5, 5.41) is 2.91. The van der Waals surface area contributed by atoms with Crippen molar-refractivity contribution in [2.24, 2.45) is 0 Å². The minimum Gasteiger partial charge on any atom is -0.339 e. The van der Waals surface area contributed by atoms with Crippen molar-refractivity contribution in [2.75, 3.05) is 18.4 Å². The first-order valence-corrected chi connectivity index (χ1v) is 9.40. The maximum atomic E-state index is 12.5. The smallest absolute Gasteiger partial charge is 0.253 e. The van der Waals surface area contributed by atoms with E-state index in [1.54, 1.807) is 0 Å². The van der Waals surface area contributed by atoms with Gasteiger partial charge in [-0.15, -0.1) is 0 Å². The average Bonchev–Trinajstić information content (AvgIpc) is 2.88. The topological polar surface area (TPSA) is 49.4 Å². The van der Waals surface area contributed by atoms with Crippen LogP contribution in [-0.2, 0) is 4.79 Å². The van der Waals surface area contributed by atoms with E-state index in [4.69, 9.17) is 0 Å². The van der Waals surface area contributed by atoms with E-state index in [1.807, 2.05) is 29.2 Å². The minimum atomic E-state index is 0.0534. The molecule has 0 unspecified atom stereocenters. The Labute approximate surface area is 145 Å². The maximum Gasteiger partial charge on any atom is 0.253 e. The summed E-state index contributed by atoms with van der Waals surface area (Å²) in [5.41, 5.74) is 1.47. The van der Waals surface area contributed by atoms with Crippen molar-refractivity contribution in [1.29, 1.82) is 0 Å². The highest BCUT2D eigenvalue weighted by atomic mass is 16.2. The van der Waals surface area contributed by atoms with Crippen LogP contribution in [-0.4, -0.2) is 29.8 Å². The maximum absolute atomic E-state index is 12.5.